The van der Waals surface area contributed by atoms with Gasteiger partial charge in [0.2, 0.25) is 0 Å². The fraction of sp³-hybridized carbons (Fsp3) is 1.00. The van der Waals surface area contributed by atoms with Gasteiger partial charge in [0.25, 0.3) is 0 Å². The Morgan fingerprint density at radius 2 is 1.77 bits per heavy atom. The molecule has 13 heavy (non-hydrogen) atoms. The van der Waals surface area contributed by atoms with E-state index in [-0.39, 0.29) is 6.10 Å². The van der Waals surface area contributed by atoms with Crippen LogP contribution in [0.3, 0.4) is 0 Å². The molecular formula is C12H24O. The highest BCUT2D eigenvalue weighted by atomic mass is 16.3. The molecule has 1 aliphatic rings. The highest BCUT2D eigenvalue weighted by Gasteiger charge is 2.24. The molecule has 78 valence electrons. The molecule has 2 unspecified atom stereocenters. The summed E-state index contributed by atoms with van der Waals surface area (Å²) in [6.45, 7) is 4.53. The average molecular weight is 184 g/mol. The molecule has 0 saturated heterocycles. The van der Waals surface area contributed by atoms with Gasteiger partial charge in [0, 0.05) is 0 Å². The average Bonchev–Trinajstić information content (AvgIpc) is 2.17. The number of hydrogen-bond acceptors (Lipinski definition) is 1. The second kappa shape index (κ2) is 5.64. The van der Waals surface area contributed by atoms with Crippen LogP contribution in [0.1, 0.15) is 58.8 Å². The predicted octanol–water partition coefficient (Wildman–Crippen LogP) is 3.36. The minimum atomic E-state index is 0.00866. The van der Waals surface area contributed by atoms with Crippen LogP contribution in [0.2, 0.25) is 0 Å². The Balaban J connectivity index is 2.32. The van der Waals surface area contributed by atoms with E-state index in [0.29, 0.717) is 5.92 Å². The Bertz CT molecular complexity index is 129. The summed E-state index contributed by atoms with van der Waals surface area (Å²) in [4.78, 5) is 0. The highest BCUT2D eigenvalue weighted by molar-refractivity contribution is 4.76. The molecule has 1 N–H and O–H groups in total. The molecule has 0 aromatic heterocycles. The third-order valence-corrected chi connectivity index (χ3v) is 3.66. The molecule has 0 aromatic rings. The van der Waals surface area contributed by atoms with Crippen molar-refractivity contribution in [1.82, 2.24) is 0 Å². The van der Waals surface area contributed by atoms with Crippen molar-refractivity contribution in [2.75, 3.05) is 0 Å². The Morgan fingerprint density at radius 3 is 2.31 bits per heavy atom. The molecular weight excluding hydrogens is 160 g/mol. The monoisotopic (exact) mass is 184 g/mol. The maximum atomic E-state index is 9.81. The van der Waals surface area contributed by atoms with Gasteiger partial charge in [-0.25, -0.2) is 0 Å². The zero-order chi connectivity index (χ0) is 9.68. The summed E-state index contributed by atoms with van der Waals surface area (Å²) in [7, 11) is 0. The van der Waals surface area contributed by atoms with E-state index in [4.69, 9.17) is 0 Å². The molecule has 0 heterocycles. The van der Waals surface area contributed by atoms with Crippen LogP contribution in [-0.4, -0.2) is 11.2 Å². The Hall–Kier alpha value is -0.0400. The summed E-state index contributed by atoms with van der Waals surface area (Å²) >= 11 is 0. The first-order chi connectivity index (χ1) is 6.27. The number of rotatable bonds is 4. The smallest absolute Gasteiger partial charge is 0.0568 e. The van der Waals surface area contributed by atoms with Crippen LogP contribution in [0.15, 0.2) is 0 Å². The molecule has 0 amide bonds. The Kier molecular flexibility index (Phi) is 4.79. The lowest BCUT2D eigenvalue weighted by atomic mass is 9.79. The van der Waals surface area contributed by atoms with Crippen molar-refractivity contribution in [3.63, 3.8) is 0 Å². The van der Waals surface area contributed by atoms with Crippen LogP contribution in [-0.2, 0) is 0 Å². The molecule has 0 bridgehead atoms. The van der Waals surface area contributed by atoms with E-state index in [1.54, 1.807) is 0 Å². The van der Waals surface area contributed by atoms with Gasteiger partial charge in [-0.1, -0.05) is 39.5 Å². The third-order valence-electron chi connectivity index (χ3n) is 3.66. The maximum absolute atomic E-state index is 9.81. The molecule has 1 aliphatic carbocycles. The molecule has 0 aliphatic heterocycles. The van der Waals surface area contributed by atoms with E-state index in [1.807, 2.05) is 0 Å². The van der Waals surface area contributed by atoms with Crippen molar-refractivity contribution >= 4 is 0 Å². The van der Waals surface area contributed by atoms with Gasteiger partial charge in [-0.05, 0) is 31.1 Å². The molecule has 1 rings (SSSR count). The summed E-state index contributed by atoms with van der Waals surface area (Å²) in [5, 5.41) is 9.81. The van der Waals surface area contributed by atoms with E-state index in [0.717, 1.165) is 12.3 Å². The van der Waals surface area contributed by atoms with Gasteiger partial charge in [-0.3, -0.25) is 0 Å². The topological polar surface area (TPSA) is 20.2 Å². The second-order valence-electron chi connectivity index (χ2n) is 4.53. The van der Waals surface area contributed by atoms with E-state index in [2.05, 4.69) is 13.8 Å². The van der Waals surface area contributed by atoms with E-state index >= 15 is 0 Å². The standard InChI is InChI=1S/C12H24O/c1-3-10(4-2)9-11-7-5-6-8-12(11)13/h10-13H,3-9H2,1-2H3. The van der Waals surface area contributed by atoms with Gasteiger partial charge in [0.15, 0.2) is 0 Å². The summed E-state index contributed by atoms with van der Waals surface area (Å²) in [6, 6.07) is 0. The molecule has 1 saturated carbocycles. The lowest BCUT2D eigenvalue weighted by Gasteiger charge is -2.30. The van der Waals surface area contributed by atoms with Gasteiger partial charge in [-0.2, -0.15) is 0 Å². The van der Waals surface area contributed by atoms with Crippen molar-refractivity contribution in [2.24, 2.45) is 11.8 Å². The fourth-order valence-corrected chi connectivity index (χ4v) is 2.51. The first-order valence-electron chi connectivity index (χ1n) is 5.96. The normalized spacial score (nSPS) is 29.5. The van der Waals surface area contributed by atoms with Crippen molar-refractivity contribution in [2.45, 2.75) is 64.9 Å². The minimum absolute atomic E-state index is 0.00866. The fourth-order valence-electron chi connectivity index (χ4n) is 2.51. The highest BCUT2D eigenvalue weighted by Crippen LogP contribution is 2.31. The Labute approximate surface area is 82.5 Å². The van der Waals surface area contributed by atoms with Crippen LogP contribution >= 0.6 is 0 Å². The molecule has 1 fully saturated rings. The summed E-state index contributed by atoms with van der Waals surface area (Å²) < 4.78 is 0. The molecule has 1 nitrogen and oxygen atoms in total. The van der Waals surface area contributed by atoms with Crippen molar-refractivity contribution in [3.05, 3.63) is 0 Å². The van der Waals surface area contributed by atoms with E-state index in [9.17, 15) is 5.11 Å². The molecule has 0 spiro atoms. The van der Waals surface area contributed by atoms with Gasteiger partial charge in [-0.15, -0.1) is 0 Å². The number of hydrogen-bond donors (Lipinski definition) is 1. The van der Waals surface area contributed by atoms with Gasteiger partial charge in [0.1, 0.15) is 0 Å². The predicted molar refractivity (Wildman–Crippen MR) is 56.7 cm³/mol. The molecule has 1 heteroatoms. The molecule has 0 aromatic carbocycles. The lowest BCUT2D eigenvalue weighted by Crippen LogP contribution is -2.26. The SMILES string of the molecule is CCC(CC)CC1CCCCC1O. The maximum Gasteiger partial charge on any atom is 0.0568 e. The van der Waals surface area contributed by atoms with Gasteiger partial charge < -0.3 is 5.11 Å². The zero-order valence-corrected chi connectivity index (χ0v) is 9.13. The quantitative estimate of drug-likeness (QED) is 0.710. The van der Waals surface area contributed by atoms with Crippen molar-refractivity contribution < 1.29 is 5.11 Å². The number of aliphatic hydroxyl groups is 1. The van der Waals surface area contributed by atoms with E-state index < -0.39 is 0 Å². The van der Waals surface area contributed by atoms with Crippen LogP contribution < -0.4 is 0 Å². The van der Waals surface area contributed by atoms with Crippen LogP contribution in [0.4, 0.5) is 0 Å². The Morgan fingerprint density at radius 1 is 1.15 bits per heavy atom. The first-order valence-corrected chi connectivity index (χ1v) is 5.96. The van der Waals surface area contributed by atoms with Gasteiger partial charge >= 0.3 is 0 Å². The van der Waals surface area contributed by atoms with E-state index in [1.165, 1.54) is 38.5 Å². The zero-order valence-electron chi connectivity index (χ0n) is 9.13. The van der Waals surface area contributed by atoms with Crippen LogP contribution in [0.25, 0.3) is 0 Å². The van der Waals surface area contributed by atoms with Gasteiger partial charge in [0.05, 0.1) is 6.10 Å². The number of aliphatic hydroxyl groups excluding tert-OH is 1. The van der Waals surface area contributed by atoms with Crippen LogP contribution in [0.5, 0.6) is 0 Å². The van der Waals surface area contributed by atoms with Crippen molar-refractivity contribution in [1.29, 1.82) is 0 Å². The minimum Gasteiger partial charge on any atom is -0.393 e. The molecule has 2 atom stereocenters. The largest absolute Gasteiger partial charge is 0.393 e. The second-order valence-corrected chi connectivity index (χ2v) is 4.53. The lowest BCUT2D eigenvalue weighted by molar-refractivity contribution is 0.0552. The molecule has 0 radical (unpaired) electrons. The summed E-state index contributed by atoms with van der Waals surface area (Å²) in [6.07, 6.45) is 8.70. The summed E-state index contributed by atoms with van der Waals surface area (Å²) in [5.41, 5.74) is 0. The third kappa shape index (κ3) is 3.30. The van der Waals surface area contributed by atoms with Crippen molar-refractivity contribution in [3.8, 4) is 0 Å². The summed E-state index contributed by atoms with van der Waals surface area (Å²) in [5.74, 6) is 1.45. The van der Waals surface area contributed by atoms with Crippen LogP contribution in [0, 0.1) is 11.8 Å². The first kappa shape index (κ1) is 11.0.